The molecule has 1 fully saturated rings. The van der Waals surface area contributed by atoms with Crippen LogP contribution in [0.25, 0.3) is 0 Å². The molecule has 1 aromatic carbocycles. The van der Waals surface area contributed by atoms with Crippen LogP contribution in [0.5, 0.6) is 11.5 Å². The maximum Gasteiger partial charge on any atom is 0.308 e. The Balaban J connectivity index is 1.95. The van der Waals surface area contributed by atoms with Gasteiger partial charge in [-0.3, -0.25) is 9.59 Å². The minimum absolute atomic E-state index is 0.0718. The van der Waals surface area contributed by atoms with Crippen molar-refractivity contribution >= 4 is 11.9 Å². The highest BCUT2D eigenvalue weighted by Gasteiger charge is 2.28. The van der Waals surface area contributed by atoms with Crippen molar-refractivity contribution in [3.63, 3.8) is 0 Å². The molecular weight excluding hydrogens is 274 g/mol. The van der Waals surface area contributed by atoms with E-state index in [0.717, 1.165) is 0 Å². The van der Waals surface area contributed by atoms with E-state index in [4.69, 9.17) is 4.74 Å². The second-order valence-electron chi connectivity index (χ2n) is 5.22. The van der Waals surface area contributed by atoms with Crippen LogP contribution >= 0.6 is 0 Å². The van der Waals surface area contributed by atoms with E-state index >= 15 is 0 Å². The number of rotatable bonds is 3. The molecule has 2 rings (SSSR count). The normalized spacial score (nSPS) is 21.6. The van der Waals surface area contributed by atoms with E-state index in [0.29, 0.717) is 25.7 Å². The molecule has 1 amide bonds. The summed E-state index contributed by atoms with van der Waals surface area (Å²) in [4.78, 5) is 23.5. The van der Waals surface area contributed by atoms with Crippen molar-refractivity contribution in [2.75, 3.05) is 7.11 Å². The number of phenols is 2. The number of hydrogen-bond acceptors (Lipinski definition) is 5. The molecule has 0 aliphatic heterocycles. The lowest BCUT2D eigenvalue weighted by atomic mass is 9.86. The third kappa shape index (κ3) is 3.45. The lowest BCUT2D eigenvalue weighted by molar-refractivity contribution is -0.146. The molecule has 114 valence electrons. The Morgan fingerprint density at radius 3 is 2.24 bits per heavy atom. The van der Waals surface area contributed by atoms with Gasteiger partial charge in [-0.1, -0.05) is 6.07 Å². The van der Waals surface area contributed by atoms with Crippen LogP contribution in [0.3, 0.4) is 0 Å². The van der Waals surface area contributed by atoms with E-state index < -0.39 is 5.91 Å². The molecule has 0 saturated heterocycles. The fraction of sp³-hybridized carbons (Fsp3) is 0.467. The molecule has 1 aromatic rings. The van der Waals surface area contributed by atoms with Crippen molar-refractivity contribution < 1.29 is 24.5 Å². The standard InChI is InChI=1S/C15H19NO5/c1-21-15(20)9-5-7-10(8-6-9)16-14(19)13-11(17)3-2-4-12(13)18/h2-4,9-10,17-18H,5-8H2,1H3,(H,16,19). The summed E-state index contributed by atoms with van der Waals surface area (Å²) in [5.74, 6) is -1.33. The first-order chi connectivity index (χ1) is 10.0. The number of aromatic hydroxyl groups is 2. The number of carbonyl (C=O) groups excluding carboxylic acids is 2. The van der Waals surface area contributed by atoms with Crippen molar-refractivity contribution in [1.29, 1.82) is 0 Å². The molecule has 21 heavy (non-hydrogen) atoms. The predicted octanol–water partition coefficient (Wildman–Crippen LogP) is 1.56. The number of phenolic OH excluding ortho intramolecular Hbond substituents is 2. The largest absolute Gasteiger partial charge is 0.507 e. The van der Waals surface area contributed by atoms with E-state index in [1.807, 2.05) is 0 Å². The quantitative estimate of drug-likeness (QED) is 0.735. The van der Waals surface area contributed by atoms with Gasteiger partial charge in [0, 0.05) is 6.04 Å². The number of benzene rings is 1. The zero-order valence-corrected chi connectivity index (χ0v) is 11.8. The van der Waals surface area contributed by atoms with Crippen LogP contribution in [0.4, 0.5) is 0 Å². The van der Waals surface area contributed by atoms with Crippen LogP contribution < -0.4 is 5.32 Å². The summed E-state index contributed by atoms with van der Waals surface area (Å²) in [5.41, 5.74) is -0.118. The Morgan fingerprint density at radius 1 is 1.14 bits per heavy atom. The summed E-state index contributed by atoms with van der Waals surface area (Å²) in [5, 5.41) is 22.1. The van der Waals surface area contributed by atoms with Gasteiger partial charge in [0.1, 0.15) is 17.1 Å². The third-order valence-electron chi connectivity index (χ3n) is 3.84. The number of hydrogen-bond donors (Lipinski definition) is 3. The smallest absolute Gasteiger partial charge is 0.308 e. The average molecular weight is 293 g/mol. The van der Waals surface area contributed by atoms with E-state index in [9.17, 15) is 19.8 Å². The monoisotopic (exact) mass is 293 g/mol. The summed E-state index contributed by atoms with van der Waals surface area (Å²) >= 11 is 0. The molecule has 3 N–H and O–H groups in total. The first kappa shape index (κ1) is 15.2. The van der Waals surface area contributed by atoms with Crippen LogP contribution in [0.1, 0.15) is 36.0 Å². The summed E-state index contributed by atoms with van der Waals surface area (Å²) in [6.07, 6.45) is 2.65. The molecule has 0 radical (unpaired) electrons. The summed E-state index contributed by atoms with van der Waals surface area (Å²) in [6, 6.07) is 4.09. The molecule has 0 atom stereocenters. The van der Waals surface area contributed by atoms with Crippen molar-refractivity contribution in [2.24, 2.45) is 5.92 Å². The fourth-order valence-electron chi connectivity index (χ4n) is 2.66. The number of ether oxygens (including phenoxy) is 1. The van der Waals surface area contributed by atoms with Gasteiger partial charge in [-0.15, -0.1) is 0 Å². The van der Waals surface area contributed by atoms with Crippen molar-refractivity contribution in [3.05, 3.63) is 23.8 Å². The van der Waals surface area contributed by atoms with Crippen molar-refractivity contribution in [2.45, 2.75) is 31.7 Å². The molecule has 6 heteroatoms. The number of carbonyl (C=O) groups is 2. The van der Waals surface area contributed by atoms with Gasteiger partial charge in [-0.25, -0.2) is 0 Å². The highest BCUT2D eigenvalue weighted by Crippen LogP contribution is 2.28. The fourth-order valence-corrected chi connectivity index (χ4v) is 2.66. The molecule has 0 heterocycles. The summed E-state index contributed by atoms with van der Waals surface area (Å²) in [7, 11) is 1.37. The number of esters is 1. The molecule has 1 aliphatic carbocycles. The van der Waals surface area contributed by atoms with Gasteiger partial charge in [0.2, 0.25) is 0 Å². The first-order valence-electron chi connectivity index (χ1n) is 6.92. The molecule has 6 nitrogen and oxygen atoms in total. The van der Waals surface area contributed by atoms with Crippen LogP contribution in [0.2, 0.25) is 0 Å². The zero-order chi connectivity index (χ0) is 15.4. The van der Waals surface area contributed by atoms with E-state index in [-0.39, 0.29) is 35.0 Å². The van der Waals surface area contributed by atoms with E-state index in [1.54, 1.807) is 0 Å². The topological polar surface area (TPSA) is 95.9 Å². The molecule has 0 spiro atoms. The third-order valence-corrected chi connectivity index (χ3v) is 3.84. The van der Waals surface area contributed by atoms with Gasteiger partial charge in [-0.05, 0) is 37.8 Å². The lowest BCUT2D eigenvalue weighted by Crippen LogP contribution is -2.38. The Labute approximate surface area is 122 Å². The van der Waals surface area contributed by atoms with Crippen LogP contribution in [-0.2, 0) is 9.53 Å². The van der Waals surface area contributed by atoms with Gasteiger partial charge in [-0.2, -0.15) is 0 Å². The number of nitrogens with one attached hydrogen (secondary N) is 1. The zero-order valence-electron chi connectivity index (χ0n) is 11.8. The Bertz CT molecular complexity index is 515. The van der Waals surface area contributed by atoms with Gasteiger partial charge in [0.15, 0.2) is 0 Å². The molecule has 0 aromatic heterocycles. The molecule has 0 unspecified atom stereocenters. The SMILES string of the molecule is COC(=O)C1CCC(NC(=O)c2c(O)cccc2O)CC1. The Morgan fingerprint density at radius 2 is 1.71 bits per heavy atom. The van der Waals surface area contributed by atoms with Crippen LogP contribution in [0, 0.1) is 5.92 Å². The van der Waals surface area contributed by atoms with Crippen LogP contribution in [-0.4, -0.2) is 35.2 Å². The highest BCUT2D eigenvalue weighted by atomic mass is 16.5. The molecular formula is C15H19NO5. The molecule has 0 bridgehead atoms. The van der Waals surface area contributed by atoms with Gasteiger partial charge < -0.3 is 20.3 Å². The molecule has 1 saturated carbocycles. The summed E-state index contributed by atoms with van der Waals surface area (Å²) < 4.78 is 4.71. The maximum atomic E-state index is 12.1. The average Bonchev–Trinajstić information content (AvgIpc) is 2.47. The predicted molar refractivity (Wildman–Crippen MR) is 75.0 cm³/mol. The Hall–Kier alpha value is -2.24. The highest BCUT2D eigenvalue weighted by molar-refractivity contribution is 5.99. The van der Waals surface area contributed by atoms with Gasteiger partial charge in [0.05, 0.1) is 13.0 Å². The van der Waals surface area contributed by atoms with Gasteiger partial charge >= 0.3 is 5.97 Å². The Kier molecular flexibility index (Phi) is 4.67. The maximum absolute atomic E-state index is 12.1. The number of amides is 1. The minimum atomic E-state index is -0.507. The first-order valence-corrected chi connectivity index (χ1v) is 6.92. The van der Waals surface area contributed by atoms with Crippen molar-refractivity contribution in [3.8, 4) is 11.5 Å². The number of methoxy groups -OCH3 is 1. The van der Waals surface area contributed by atoms with Gasteiger partial charge in [0.25, 0.3) is 5.91 Å². The van der Waals surface area contributed by atoms with Crippen LogP contribution in [0.15, 0.2) is 18.2 Å². The lowest BCUT2D eigenvalue weighted by Gasteiger charge is -2.27. The van der Waals surface area contributed by atoms with E-state index in [1.165, 1.54) is 25.3 Å². The summed E-state index contributed by atoms with van der Waals surface area (Å²) in [6.45, 7) is 0. The second-order valence-corrected chi connectivity index (χ2v) is 5.22. The minimum Gasteiger partial charge on any atom is -0.507 e. The molecule has 1 aliphatic rings. The van der Waals surface area contributed by atoms with E-state index in [2.05, 4.69) is 5.32 Å². The second kappa shape index (κ2) is 6.47. The van der Waals surface area contributed by atoms with Crippen molar-refractivity contribution in [1.82, 2.24) is 5.32 Å².